The molecule has 108 valence electrons. The molecule has 2 aromatic carbocycles. The predicted molar refractivity (Wildman–Crippen MR) is 64.5 cm³/mol. The first-order chi connectivity index (χ1) is 9.90. The summed E-state index contributed by atoms with van der Waals surface area (Å²) in [5.74, 6) is -7.67. The van der Waals surface area contributed by atoms with Crippen molar-refractivity contribution in [2.75, 3.05) is 0 Å². The van der Waals surface area contributed by atoms with Crippen molar-refractivity contribution in [1.29, 1.82) is 0 Å². The summed E-state index contributed by atoms with van der Waals surface area (Å²) in [5, 5.41) is 0. The summed E-state index contributed by atoms with van der Waals surface area (Å²) in [5.41, 5.74) is -2.04. The number of benzene rings is 2. The molecule has 2 aromatic rings. The van der Waals surface area contributed by atoms with Crippen LogP contribution in [0.15, 0.2) is 30.1 Å². The summed E-state index contributed by atoms with van der Waals surface area (Å²) in [6.45, 7) is 0. The van der Waals surface area contributed by atoms with Crippen LogP contribution in [0.3, 0.4) is 0 Å². The number of rotatable bonds is 1. The van der Waals surface area contributed by atoms with Crippen molar-refractivity contribution in [1.82, 2.24) is 0 Å². The molecular weight excluding hydrogens is 294 g/mol. The zero-order valence-electron chi connectivity index (χ0n) is 10.3. The van der Waals surface area contributed by atoms with Gasteiger partial charge in [-0.2, -0.15) is 0 Å². The second-order valence-corrected chi connectivity index (χ2v) is 4.61. The molecule has 0 aromatic heterocycles. The van der Waals surface area contributed by atoms with Gasteiger partial charge in [-0.3, -0.25) is 0 Å². The molecule has 0 spiro atoms. The van der Waals surface area contributed by atoms with Gasteiger partial charge in [0.2, 0.25) is 0 Å². The highest BCUT2D eigenvalue weighted by molar-refractivity contribution is 5.76. The van der Waals surface area contributed by atoms with E-state index in [-0.39, 0.29) is 5.56 Å². The molecule has 0 radical (unpaired) electrons. The second-order valence-electron chi connectivity index (χ2n) is 4.61. The standard InChI is InChI=1S/C15H6F6/c16-7-1-2-10(17)8(5-7)9-3-6-4-11(18)14(20)12(6)15(21)13(9)19/h1-3,5H,4H2. The van der Waals surface area contributed by atoms with Gasteiger partial charge in [-0.1, -0.05) is 0 Å². The molecule has 1 aliphatic carbocycles. The Labute approximate surface area is 115 Å². The lowest BCUT2D eigenvalue weighted by Crippen LogP contribution is -1.99. The third-order valence-corrected chi connectivity index (χ3v) is 3.31. The van der Waals surface area contributed by atoms with Gasteiger partial charge >= 0.3 is 0 Å². The zero-order chi connectivity index (χ0) is 15.3. The molecule has 0 N–H and O–H groups in total. The Morgan fingerprint density at radius 2 is 1.48 bits per heavy atom. The minimum atomic E-state index is -1.61. The van der Waals surface area contributed by atoms with Gasteiger partial charge in [0.05, 0.1) is 5.56 Å². The fourth-order valence-corrected chi connectivity index (χ4v) is 2.34. The predicted octanol–water partition coefficient (Wildman–Crippen LogP) is 5.07. The minimum Gasteiger partial charge on any atom is -0.208 e. The number of halogens is 6. The fraction of sp³-hybridized carbons (Fsp3) is 0.0667. The molecular formula is C15H6F6. The Hall–Kier alpha value is -2.24. The monoisotopic (exact) mass is 300 g/mol. The van der Waals surface area contributed by atoms with E-state index in [1.807, 2.05) is 0 Å². The van der Waals surface area contributed by atoms with Gasteiger partial charge < -0.3 is 0 Å². The number of fused-ring (bicyclic) bond motifs is 1. The maximum absolute atomic E-state index is 14.0. The van der Waals surface area contributed by atoms with Gasteiger partial charge in [-0.25, -0.2) is 26.3 Å². The lowest BCUT2D eigenvalue weighted by atomic mass is 9.98. The SMILES string of the molecule is FC1=C(F)c2c(cc(-c3cc(F)ccc3F)c(F)c2F)C1. The van der Waals surface area contributed by atoms with Crippen molar-refractivity contribution in [2.24, 2.45) is 0 Å². The van der Waals surface area contributed by atoms with E-state index in [1.165, 1.54) is 0 Å². The smallest absolute Gasteiger partial charge is 0.170 e. The van der Waals surface area contributed by atoms with E-state index in [0.717, 1.165) is 18.2 Å². The van der Waals surface area contributed by atoms with Crippen LogP contribution in [0.4, 0.5) is 26.3 Å². The zero-order valence-corrected chi connectivity index (χ0v) is 10.3. The van der Waals surface area contributed by atoms with Crippen LogP contribution >= 0.6 is 0 Å². The van der Waals surface area contributed by atoms with Crippen molar-refractivity contribution >= 4 is 5.83 Å². The fourth-order valence-electron chi connectivity index (χ4n) is 2.34. The van der Waals surface area contributed by atoms with Crippen molar-refractivity contribution in [2.45, 2.75) is 6.42 Å². The molecule has 0 saturated heterocycles. The average Bonchev–Trinajstić information content (AvgIpc) is 2.72. The Morgan fingerprint density at radius 3 is 2.19 bits per heavy atom. The lowest BCUT2D eigenvalue weighted by Gasteiger charge is -2.10. The first-order valence-corrected chi connectivity index (χ1v) is 5.91. The van der Waals surface area contributed by atoms with Gasteiger partial charge in [-0.15, -0.1) is 0 Å². The van der Waals surface area contributed by atoms with Crippen LogP contribution in [0, 0.1) is 23.3 Å². The van der Waals surface area contributed by atoms with E-state index in [4.69, 9.17) is 0 Å². The highest BCUT2D eigenvalue weighted by Crippen LogP contribution is 2.40. The molecule has 0 heterocycles. The van der Waals surface area contributed by atoms with Crippen LogP contribution in [0.25, 0.3) is 17.0 Å². The van der Waals surface area contributed by atoms with E-state index < -0.39 is 58.0 Å². The summed E-state index contributed by atoms with van der Waals surface area (Å²) < 4.78 is 81.2. The molecule has 0 unspecified atom stereocenters. The molecule has 0 amide bonds. The second kappa shape index (κ2) is 4.65. The van der Waals surface area contributed by atoms with Crippen molar-refractivity contribution in [3.63, 3.8) is 0 Å². The lowest BCUT2D eigenvalue weighted by molar-refractivity contribution is 0.504. The quantitative estimate of drug-likeness (QED) is 0.645. The van der Waals surface area contributed by atoms with Gasteiger partial charge in [0.25, 0.3) is 0 Å². The first kappa shape index (κ1) is 13.7. The van der Waals surface area contributed by atoms with Gasteiger partial charge in [0.1, 0.15) is 17.5 Å². The van der Waals surface area contributed by atoms with Crippen molar-refractivity contribution < 1.29 is 26.3 Å². The van der Waals surface area contributed by atoms with Crippen molar-refractivity contribution in [3.05, 3.63) is 64.5 Å². The third kappa shape index (κ3) is 2.02. The molecule has 0 bridgehead atoms. The summed E-state index contributed by atoms with van der Waals surface area (Å²) in [6, 6.07) is 3.20. The summed E-state index contributed by atoms with van der Waals surface area (Å²) in [7, 11) is 0. The molecule has 0 nitrogen and oxygen atoms in total. The molecule has 6 heteroatoms. The molecule has 1 aliphatic rings. The number of allylic oxidation sites excluding steroid dienone is 1. The average molecular weight is 300 g/mol. The van der Waals surface area contributed by atoms with Crippen LogP contribution in [-0.4, -0.2) is 0 Å². The van der Waals surface area contributed by atoms with Crippen LogP contribution in [-0.2, 0) is 6.42 Å². The third-order valence-electron chi connectivity index (χ3n) is 3.31. The van der Waals surface area contributed by atoms with Crippen molar-refractivity contribution in [3.8, 4) is 11.1 Å². The first-order valence-electron chi connectivity index (χ1n) is 5.91. The highest BCUT2D eigenvalue weighted by atomic mass is 19.2. The van der Waals surface area contributed by atoms with E-state index in [2.05, 4.69) is 0 Å². The minimum absolute atomic E-state index is 0.150. The largest absolute Gasteiger partial charge is 0.208 e. The van der Waals surface area contributed by atoms with Gasteiger partial charge in [0.15, 0.2) is 17.5 Å². The topological polar surface area (TPSA) is 0 Å². The Morgan fingerprint density at radius 1 is 0.762 bits per heavy atom. The molecule has 0 saturated carbocycles. The van der Waals surface area contributed by atoms with Gasteiger partial charge in [0, 0.05) is 17.5 Å². The Kier molecular flexibility index (Phi) is 3.04. The summed E-state index contributed by atoms with van der Waals surface area (Å²) in [4.78, 5) is 0. The van der Waals surface area contributed by atoms with E-state index in [9.17, 15) is 26.3 Å². The van der Waals surface area contributed by atoms with E-state index >= 15 is 0 Å². The molecule has 3 rings (SSSR count). The summed E-state index contributed by atoms with van der Waals surface area (Å²) in [6.07, 6.45) is -0.553. The van der Waals surface area contributed by atoms with Crippen LogP contribution in [0.5, 0.6) is 0 Å². The molecule has 0 fully saturated rings. The van der Waals surface area contributed by atoms with Crippen LogP contribution < -0.4 is 0 Å². The maximum atomic E-state index is 14.0. The number of hydrogen-bond donors (Lipinski definition) is 0. The van der Waals surface area contributed by atoms with Crippen LogP contribution in [0.1, 0.15) is 11.1 Å². The van der Waals surface area contributed by atoms with E-state index in [1.54, 1.807) is 0 Å². The van der Waals surface area contributed by atoms with Gasteiger partial charge in [-0.05, 0) is 29.8 Å². The summed E-state index contributed by atoms with van der Waals surface area (Å²) >= 11 is 0. The highest BCUT2D eigenvalue weighted by Gasteiger charge is 2.30. The Balaban J connectivity index is 2.27. The normalized spacial score (nSPS) is 13.8. The Bertz CT molecular complexity index is 791. The molecule has 0 aliphatic heterocycles. The maximum Gasteiger partial charge on any atom is 0.170 e. The molecule has 21 heavy (non-hydrogen) atoms. The van der Waals surface area contributed by atoms with E-state index in [0.29, 0.717) is 6.07 Å². The number of hydrogen-bond acceptors (Lipinski definition) is 0. The molecule has 0 atom stereocenters. The van der Waals surface area contributed by atoms with Crippen LogP contribution in [0.2, 0.25) is 0 Å².